The Labute approximate surface area is 118 Å². The maximum atomic E-state index is 12.1. The van der Waals surface area contributed by atoms with Gasteiger partial charge in [-0.1, -0.05) is 12.8 Å². The minimum atomic E-state index is -0.110. The van der Waals surface area contributed by atoms with Crippen LogP contribution in [0.2, 0.25) is 0 Å². The van der Waals surface area contributed by atoms with Crippen molar-refractivity contribution in [3.05, 3.63) is 17.0 Å². The van der Waals surface area contributed by atoms with Crippen LogP contribution in [0.1, 0.15) is 47.4 Å². The number of aromatic amines is 1. The van der Waals surface area contributed by atoms with Crippen LogP contribution in [0.5, 0.6) is 0 Å². The van der Waals surface area contributed by atoms with Gasteiger partial charge >= 0.3 is 0 Å². The summed E-state index contributed by atoms with van der Waals surface area (Å²) >= 11 is 0. The molecule has 3 N–H and O–H groups in total. The van der Waals surface area contributed by atoms with Gasteiger partial charge in [0.1, 0.15) is 0 Å². The lowest BCUT2D eigenvalue weighted by Gasteiger charge is -2.13. The topological polar surface area (TPSA) is 79.0 Å². The summed E-state index contributed by atoms with van der Waals surface area (Å²) in [6, 6.07) is 0. The van der Waals surface area contributed by atoms with Gasteiger partial charge < -0.3 is 15.4 Å². The van der Waals surface area contributed by atoms with Crippen LogP contribution in [-0.4, -0.2) is 41.9 Å². The largest absolute Gasteiger partial charge is 0.376 e. The third kappa shape index (κ3) is 3.02. The van der Waals surface area contributed by atoms with E-state index in [9.17, 15) is 4.79 Å². The molecule has 1 aliphatic heterocycles. The van der Waals surface area contributed by atoms with Crippen LogP contribution >= 0.6 is 0 Å². The molecule has 1 saturated carbocycles. The maximum Gasteiger partial charge on any atom is 0.272 e. The van der Waals surface area contributed by atoms with Crippen LogP contribution in [0.25, 0.3) is 0 Å². The first-order valence-electron chi connectivity index (χ1n) is 7.51. The normalized spacial score (nSPS) is 19.0. The summed E-state index contributed by atoms with van der Waals surface area (Å²) in [4.78, 5) is 12.1. The monoisotopic (exact) mass is 278 g/mol. The molecule has 0 bridgehead atoms. The fraction of sp³-hybridized carbons (Fsp3) is 0.714. The Morgan fingerprint density at radius 3 is 3.10 bits per heavy atom. The summed E-state index contributed by atoms with van der Waals surface area (Å²) in [5, 5.41) is 13.2. The second kappa shape index (κ2) is 6.37. The molecule has 20 heavy (non-hydrogen) atoms. The van der Waals surface area contributed by atoms with Crippen molar-refractivity contribution in [1.29, 1.82) is 0 Å². The smallest absolute Gasteiger partial charge is 0.272 e. The number of H-pyrrole nitrogens is 1. The predicted octanol–water partition coefficient (Wildman–Crippen LogP) is 0.744. The van der Waals surface area contributed by atoms with Gasteiger partial charge in [-0.15, -0.1) is 0 Å². The summed E-state index contributed by atoms with van der Waals surface area (Å²) < 4.78 is 5.73. The van der Waals surface area contributed by atoms with E-state index in [-0.39, 0.29) is 5.91 Å². The second-order valence-corrected chi connectivity index (χ2v) is 5.49. The molecule has 0 unspecified atom stereocenters. The summed E-state index contributed by atoms with van der Waals surface area (Å²) in [6.07, 6.45) is 6.15. The molecule has 2 heterocycles. The molecule has 1 aliphatic carbocycles. The first-order chi connectivity index (χ1) is 9.84. The molecule has 3 rings (SSSR count). The molecule has 1 aromatic rings. The fourth-order valence-electron chi connectivity index (χ4n) is 2.94. The highest BCUT2D eigenvalue weighted by Gasteiger charge is 2.21. The lowest BCUT2D eigenvalue weighted by molar-refractivity contribution is 0.0581. The van der Waals surface area contributed by atoms with E-state index in [1.54, 1.807) is 0 Å². The quantitative estimate of drug-likeness (QED) is 0.694. The van der Waals surface area contributed by atoms with Crippen molar-refractivity contribution < 1.29 is 9.53 Å². The van der Waals surface area contributed by atoms with Gasteiger partial charge in [0, 0.05) is 37.3 Å². The number of nitrogens with one attached hydrogen (secondary N) is 3. The van der Waals surface area contributed by atoms with Gasteiger partial charge in [-0.25, -0.2) is 0 Å². The molecule has 0 atom stereocenters. The van der Waals surface area contributed by atoms with E-state index >= 15 is 0 Å². The van der Waals surface area contributed by atoms with Gasteiger partial charge in [0.15, 0.2) is 5.69 Å². The number of hydrogen-bond acceptors (Lipinski definition) is 4. The van der Waals surface area contributed by atoms with E-state index in [4.69, 9.17) is 4.74 Å². The number of hydrogen-bond donors (Lipinski definition) is 3. The van der Waals surface area contributed by atoms with Gasteiger partial charge in [0.05, 0.1) is 12.7 Å². The summed E-state index contributed by atoms with van der Waals surface area (Å²) in [5.41, 5.74) is 2.61. The predicted molar refractivity (Wildman–Crippen MR) is 74.5 cm³/mol. The van der Waals surface area contributed by atoms with Crippen LogP contribution in [-0.2, 0) is 17.7 Å². The summed E-state index contributed by atoms with van der Waals surface area (Å²) in [7, 11) is 0. The molecule has 2 aliphatic rings. The van der Waals surface area contributed by atoms with Gasteiger partial charge in [-0.05, 0) is 12.8 Å². The van der Waals surface area contributed by atoms with Crippen molar-refractivity contribution in [2.45, 2.75) is 44.8 Å². The zero-order valence-electron chi connectivity index (χ0n) is 11.7. The molecule has 1 amide bonds. The average Bonchev–Trinajstić information content (AvgIpc) is 3.12. The maximum absolute atomic E-state index is 12.1. The van der Waals surface area contributed by atoms with Crippen molar-refractivity contribution in [3.63, 3.8) is 0 Å². The summed E-state index contributed by atoms with van der Waals surface area (Å²) in [6.45, 7) is 2.78. The standard InChI is InChI=1S/C14H22N4O2/c19-14(16-7-8-20-10-3-1-2-4-10)13-11-9-15-6-5-12(11)17-18-13/h10,15H,1-9H2,(H,16,19)(H,17,18). The molecule has 1 aromatic heterocycles. The second-order valence-electron chi connectivity index (χ2n) is 5.49. The number of fused-ring (bicyclic) bond motifs is 1. The van der Waals surface area contributed by atoms with Crippen molar-refractivity contribution in [2.24, 2.45) is 0 Å². The Kier molecular flexibility index (Phi) is 4.32. The molecule has 110 valence electrons. The molecule has 0 radical (unpaired) electrons. The molecule has 0 spiro atoms. The van der Waals surface area contributed by atoms with E-state index in [0.29, 0.717) is 31.5 Å². The number of nitrogens with zero attached hydrogens (tertiary/aromatic N) is 1. The Balaban J connectivity index is 1.45. The molecule has 6 nitrogen and oxygen atoms in total. The number of ether oxygens (including phenoxy) is 1. The Bertz CT molecular complexity index is 466. The molecule has 0 aromatic carbocycles. The van der Waals surface area contributed by atoms with Crippen molar-refractivity contribution in [2.75, 3.05) is 19.7 Å². The third-order valence-corrected chi connectivity index (χ3v) is 4.06. The van der Waals surface area contributed by atoms with Crippen LogP contribution in [0.4, 0.5) is 0 Å². The number of rotatable bonds is 5. The molecule has 1 fully saturated rings. The zero-order chi connectivity index (χ0) is 13.8. The van der Waals surface area contributed by atoms with Crippen molar-refractivity contribution in [1.82, 2.24) is 20.8 Å². The van der Waals surface area contributed by atoms with Gasteiger partial charge in [0.25, 0.3) is 5.91 Å². The number of amides is 1. The Morgan fingerprint density at radius 2 is 2.25 bits per heavy atom. The van der Waals surface area contributed by atoms with E-state index in [2.05, 4.69) is 20.8 Å². The van der Waals surface area contributed by atoms with Gasteiger partial charge in [-0.3, -0.25) is 9.89 Å². The van der Waals surface area contributed by atoms with Gasteiger partial charge in [-0.2, -0.15) is 5.10 Å². The van der Waals surface area contributed by atoms with E-state index in [0.717, 1.165) is 37.1 Å². The molecular weight excluding hydrogens is 256 g/mol. The molecular formula is C14H22N4O2. The van der Waals surface area contributed by atoms with Crippen LogP contribution < -0.4 is 10.6 Å². The highest BCUT2D eigenvalue weighted by Crippen LogP contribution is 2.20. The molecule has 0 saturated heterocycles. The lowest BCUT2D eigenvalue weighted by Crippen LogP contribution is -2.31. The van der Waals surface area contributed by atoms with E-state index in [1.807, 2.05) is 0 Å². The van der Waals surface area contributed by atoms with Crippen molar-refractivity contribution in [3.8, 4) is 0 Å². The van der Waals surface area contributed by atoms with Gasteiger partial charge in [0.2, 0.25) is 0 Å². The lowest BCUT2D eigenvalue weighted by atomic mass is 10.1. The highest BCUT2D eigenvalue weighted by atomic mass is 16.5. The fourth-order valence-corrected chi connectivity index (χ4v) is 2.94. The number of carbonyl (C=O) groups excluding carboxylic acids is 1. The highest BCUT2D eigenvalue weighted by molar-refractivity contribution is 5.94. The van der Waals surface area contributed by atoms with Crippen LogP contribution in [0.15, 0.2) is 0 Å². The SMILES string of the molecule is O=C(NCCOC1CCCC1)c1n[nH]c2c1CNCC2. The minimum absolute atomic E-state index is 0.110. The van der Waals surface area contributed by atoms with Crippen LogP contribution in [0, 0.1) is 0 Å². The zero-order valence-corrected chi connectivity index (χ0v) is 11.7. The molecule has 6 heteroatoms. The van der Waals surface area contributed by atoms with E-state index < -0.39 is 0 Å². The Morgan fingerprint density at radius 1 is 1.40 bits per heavy atom. The van der Waals surface area contributed by atoms with E-state index in [1.165, 1.54) is 12.8 Å². The minimum Gasteiger partial charge on any atom is -0.376 e. The summed E-state index contributed by atoms with van der Waals surface area (Å²) in [5.74, 6) is -0.110. The number of carbonyl (C=O) groups is 1. The number of aromatic nitrogens is 2. The Hall–Kier alpha value is -1.40. The van der Waals surface area contributed by atoms with Crippen molar-refractivity contribution >= 4 is 5.91 Å². The first kappa shape index (κ1) is 13.6. The third-order valence-electron chi connectivity index (χ3n) is 4.06. The first-order valence-corrected chi connectivity index (χ1v) is 7.51. The average molecular weight is 278 g/mol. The van der Waals surface area contributed by atoms with Crippen LogP contribution in [0.3, 0.4) is 0 Å².